The van der Waals surface area contributed by atoms with Crippen molar-refractivity contribution in [3.63, 3.8) is 0 Å². The van der Waals surface area contributed by atoms with Gasteiger partial charge in [0.1, 0.15) is 17.9 Å². The molecule has 0 radical (unpaired) electrons. The predicted molar refractivity (Wildman–Crippen MR) is 121 cm³/mol. The number of methoxy groups -OCH3 is 1. The van der Waals surface area contributed by atoms with Gasteiger partial charge in [-0.15, -0.1) is 0 Å². The number of carbonyl (C=O) groups is 3. The Morgan fingerprint density at radius 2 is 1.79 bits per heavy atom. The number of amides is 3. The number of nitrogens with zero attached hydrogens (tertiary/aromatic N) is 2. The van der Waals surface area contributed by atoms with E-state index in [4.69, 9.17) is 9.47 Å². The quantitative estimate of drug-likeness (QED) is 0.686. The second kappa shape index (κ2) is 9.43. The zero-order valence-corrected chi connectivity index (χ0v) is 19.3. The molecular weight excluding hydrogens is 422 g/mol. The molecule has 2 saturated heterocycles. The van der Waals surface area contributed by atoms with Crippen molar-refractivity contribution in [2.45, 2.75) is 82.2 Å². The summed E-state index contributed by atoms with van der Waals surface area (Å²) in [6, 6.07) is 5.48. The summed E-state index contributed by atoms with van der Waals surface area (Å²) < 4.78 is 12.1. The minimum Gasteiger partial charge on any atom is -0.489 e. The minimum absolute atomic E-state index is 0.138. The fourth-order valence-corrected chi connectivity index (χ4v) is 5.87. The van der Waals surface area contributed by atoms with E-state index in [1.165, 1.54) is 12.8 Å². The fourth-order valence-electron chi connectivity index (χ4n) is 5.87. The van der Waals surface area contributed by atoms with E-state index < -0.39 is 6.04 Å². The van der Waals surface area contributed by atoms with Gasteiger partial charge >= 0.3 is 0 Å². The molecule has 1 unspecified atom stereocenters. The molecule has 1 aliphatic carbocycles. The fraction of sp³-hybridized carbons (Fsp3) is 0.640. The standard InChI is InChI=1S/C25H33N3O5/c1-32-17-10-12-27(13-11-17)20-4-2-3-5-22(20)33-18-6-7-19-16(14-18)15-28(25(19)31)21-8-9-23(29)26-24(21)30/h6-7,14,17,20-22H,2-5,8-13,15H2,1H3,(H,26,29,30)/t20-,21?,22+/m1/s1. The van der Waals surface area contributed by atoms with Gasteiger partial charge in [-0.25, -0.2) is 0 Å². The van der Waals surface area contributed by atoms with Gasteiger partial charge in [0.15, 0.2) is 0 Å². The molecule has 3 fully saturated rings. The highest BCUT2D eigenvalue weighted by molar-refractivity contribution is 6.05. The summed E-state index contributed by atoms with van der Waals surface area (Å²) in [5.74, 6) is -0.0197. The first-order chi connectivity index (χ1) is 16.0. The van der Waals surface area contributed by atoms with Gasteiger partial charge in [-0.05, 0) is 62.3 Å². The lowest BCUT2D eigenvalue weighted by Gasteiger charge is -2.42. The Balaban J connectivity index is 1.27. The molecule has 1 aromatic carbocycles. The van der Waals surface area contributed by atoms with Gasteiger partial charge in [0.2, 0.25) is 11.8 Å². The summed E-state index contributed by atoms with van der Waals surface area (Å²) in [5, 5.41) is 2.35. The summed E-state index contributed by atoms with van der Waals surface area (Å²) in [7, 11) is 1.80. The Morgan fingerprint density at radius 3 is 2.55 bits per heavy atom. The van der Waals surface area contributed by atoms with Crippen molar-refractivity contribution in [2.24, 2.45) is 0 Å². The van der Waals surface area contributed by atoms with Crippen molar-refractivity contribution in [1.82, 2.24) is 15.1 Å². The average molecular weight is 456 g/mol. The highest BCUT2D eigenvalue weighted by Gasteiger charge is 2.39. The number of rotatable bonds is 5. The highest BCUT2D eigenvalue weighted by Crippen LogP contribution is 2.33. The van der Waals surface area contributed by atoms with E-state index >= 15 is 0 Å². The Kier molecular flexibility index (Phi) is 6.38. The van der Waals surface area contributed by atoms with Crippen LogP contribution in [0, 0.1) is 0 Å². The zero-order valence-electron chi connectivity index (χ0n) is 19.3. The molecule has 3 aliphatic heterocycles. The second-order valence-electron chi connectivity index (χ2n) is 9.70. The molecule has 4 aliphatic rings. The number of piperidine rings is 2. The molecule has 0 bridgehead atoms. The van der Waals surface area contributed by atoms with Crippen LogP contribution >= 0.6 is 0 Å². The Hall–Kier alpha value is -2.45. The highest BCUT2D eigenvalue weighted by atomic mass is 16.5. The van der Waals surface area contributed by atoms with Crippen LogP contribution in [0.5, 0.6) is 5.75 Å². The third-order valence-corrected chi connectivity index (χ3v) is 7.73. The lowest BCUT2D eigenvalue weighted by Crippen LogP contribution is -2.52. The first kappa shape index (κ1) is 22.3. The molecule has 0 spiro atoms. The number of likely N-dealkylation sites (tertiary alicyclic amines) is 1. The van der Waals surface area contributed by atoms with Gasteiger partial charge < -0.3 is 14.4 Å². The number of hydrogen-bond donors (Lipinski definition) is 1. The zero-order chi connectivity index (χ0) is 22.9. The third kappa shape index (κ3) is 4.51. The van der Waals surface area contributed by atoms with E-state index in [1.807, 2.05) is 18.2 Å². The number of ether oxygens (including phenoxy) is 2. The first-order valence-electron chi connectivity index (χ1n) is 12.2. The summed E-state index contributed by atoms with van der Waals surface area (Å²) in [6.07, 6.45) is 7.85. The van der Waals surface area contributed by atoms with Crippen LogP contribution in [0.3, 0.4) is 0 Å². The van der Waals surface area contributed by atoms with Crippen molar-refractivity contribution < 1.29 is 23.9 Å². The van der Waals surface area contributed by atoms with E-state index in [2.05, 4.69) is 10.2 Å². The Labute approximate surface area is 194 Å². The number of imide groups is 1. The van der Waals surface area contributed by atoms with Crippen molar-refractivity contribution in [2.75, 3.05) is 20.2 Å². The van der Waals surface area contributed by atoms with E-state index in [9.17, 15) is 14.4 Å². The van der Waals surface area contributed by atoms with Gasteiger partial charge in [0, 0.05) is 44.8 Å². The molecule has 3 atom stereocenters. The molecule has 178 valence electrons. The molecule has 5 rings (SSSR count). The summed E-state index contributed by atoms with van der Waals surface area (Å²) >= 11 is 0. The van der Waals surface area contributed by atoms with Crippen molar-refractivity contribution >= 4 is 17.7 Å². The number of benzene rings is 1. The van der Waals surface area contributed by atoms with Gasteiger partial charge in [-0.1, -0.05) is 6.42 Å². The van der Waals surface area contributed by atoms with Gasteiger partial charge in [-0.3, -0.25) is 24.6 Å². The average Bonchev–Trinajstić information content (AvgIpc) is 3.15. The second-order valence-corrected chi connectivity index (χ2v) is 9.70. The molecule has 3 amide bonds. The first-order valence-corrected chi connectivity index (χ1v) is 12.2. The lowest BCUT2D eigenvalue weighted by molar-refractivity contribution is -0.136. The maximum absolute atomic E-state index is 12.9. The normalized spacial score (nSPS) is 29.2. The Bertz CT molecular complexity index is 927. The number of hydrogen-bond acceptors (Lipinski definition) is 6. The molecule has 3 heterocycles. The molecule has 1 aromatic rings. The molecule has 33 heavy (non-hydrogen) atoms. The van der Waals surface area contributed by atoms with Crippen LogP contribution in [-0.2, 0) is 20.9 Å². The molecule has 8 heteroatoms. The molecule has 8 nitrogen and oxygen atoms in total. The van der Waals surface area contributed by atoms with E-state index in [0.717, 1.165) is 50.1 Å². The molecule has 0 aromatic heterocycles. The molecular formula is C25H33N3O5. The number of carbonyl (C=O) groups excluding carboxylic acids is 3. The van der Waals surface area contributed by atoms with Crippen LogP contribution in [0.2, 0.25) is 0 Å². The largest absolute Gasteiger partial charge is 0.489 e. The monoisotopic (exact) mass is 455 g/mol. The van der Waals surface area contributed by atoms with Crippen LogP contribution in [0.4, 0.5) is 0 Å². The van der Waals surface area contributed by atoms with Crippen LogP contribution in [-0.4, -0.2) is 72.0 Å². The SMILES string of the molecule is COC1CCN([C@@H]2CCCC[C@@H]2Oc2ccc3c(c2)CN(C2CCC(=O)NC2=O)C3=O)CC1. The predicted octanol–water partition coefficient (Wildman–Crippen LogP) is 2.25. The summed E-state index contributed by atoms with van der Waals surface area (Å²) in [5.41, 5.74) is 1.50. The number of nitrogens with one attached hydrogen (secondary N) is 1. The van der Waals surface area contributed by atoms with Crippen molar-refractivity contribution in [3.05, 3.63) is 29.3 Å². The molecule has 1 saturated carbocycles. The van der Waals surface area contributed by atoms with E-state index in [-0.39, 0.29) is 30.2 Å². The summed E-state index contributed by atoms with van der Waals surface area (Å²) in [6.45, 7) is 2.46. The van der Waals surface area contributed by atoms with Crippen molar-refractivity contribution in [3.8, 4) is 5.75 Å². The third-order valence-electron chi connectivity index (χ3n) is 7.73. The minimum atomic E-state index is -0.593. The lowest BCUT2D eigenvalue weighted by atomic mass is 9.89. The van der Waals surface area contributed by atoms with Crippen LogP contribution < -0.4 is 10.1 Å². The topological polar surface area (TPSA) is 88.2 Å². The van der Waals surface area contributed by atoms with Gasteiger partial charge in [0.05, 0.1) is 6.10 Å². The van der Waals surface area contributed by atoms with Crippen LogP contribution in [0.25, 0.3) is 0 Å². The maximum atomic E-state index is 12.9. The van der Waals surface area contributed by atoms with Gasteiger partial charge in [0.25, 0.3) is 5.91 Å². The van der Waals surface area contributed by atoms with E-state index in [0.29, 0.717) is 30.7 Å². The van der Waals surface area contributed by atoms with Crippen LogP contribution in [0.1, 0.15) is 67.3 Å². The van der Waals surface area contributed by atoms with Crippen LogP contribution in [0.15, 0.2) is 18.2 Å². The van der Waals surface area contributed by atoms with Gasteiger partial charge in [-0.2, -0.15) is 0 Å². The molecule has 1 N–H and O–H groups in total. The number of fused-ring (bicyclic) bond motifs is 1. The van der Waals surface area contributed by atoms with Crippen molar-refractivity contribution in [1.29, 1.82) is 0 Å². The summed E-state index contributed by atoms with van der Waals surface area (Å²) in [4.78, 5) is 40.8. The van der Waals surface area contributed by atoms with E-state index in [1.54, 1.807) is 12.0 Å². The Morgan fingerprint density at radius 1 is 1.00 bits per heavy atom. The smallest absolute Gasteiger partial charge is 0.255 e. The maximum Gasteiger partial charge on any atom is 0.255 e.